The molecule has 0 aromatic heterocycles. The van der Waals surface area contributed by atoms with E-state index in [9.17, 15) is 19.8 Å². The van der Waals surface area contributed by atoms with Gasteiger partial charge in [0.2, 0.25) is 0 Å². The highest BCUT2D eigenvalue weighted by molar-refractivity contribution is 5.78. The molecule has 0 aromatic rings. The molecule has 2 amide bonds. The zero-order valence-electron chi connectivity index (χ0n) is 13.2. The Kier molecular flexibility index (Phi) is 5.98. The van der Waals surface area contributed by atoms with Crippen LogP contribution in [-0.4, -0.2) is 77.0 Å². The molecule has 0 aromatic carbocycles. The molecule has 1 rings (SSSR count). The highest BCUT2D eigenvalue weighted by atomic mass is 16.5. The number of aliphatic hydroxyl groups excluding tert-OH is 1. The van der Waals surface area contributed by atoms with Gasteiger partial charge in [0.15, 0.2) is 0 Å². The average Bonchev–Trinajstić information content (AvgIpc) is 2.92. The Morgan fingerprint density at radius 2 is 1.95 bits per heavy atom. The molecule has 0 spiro atoms. The Morgan fingerprint density at radius 3 is 2.43 bits per heavy atom. The first-order chi connectivity index (χ1) is 9.76. The van der Waals surface area contributed by atoms with Crippen LogP contribution in [0.1, 0.15) is 27.2 Å². The second kappa shape index (κ2) is 7.09. The third-order valence-electron chi connectivity index (χ3n) is 4.06. The van der Waals surface area contributed by atoms with Gasteiger partial charge in [-0.05, 0) is 20.3 Å². The predicted octanol–water partition coefficient (Wildman–Crippen LogP) is 0.621. The lowest BCUT2D eigenvalue weighted by Crippen LogP contribution is -2.57. The minimum Gasteiger partial charge on any atom is -0.481 e. The molecule has 0 bridgehead atoms. The summed E-state index contributed by atoms with van der Waals surface area (Å²) in [5.41, 5.74) is -0.707. The molecule has 1 fully saturated rings. The monoisotopic (exact) mass is 302 g/mol. The average molecular weight is 302 g/mol. The van der Waals surface area contributed by atoms with Crippen molar-refractivity contribution in [3.8, 4) is 0 Å². The fourth-order valence-corrected chi connectivity index (χ4v) is 2.29. The highest BCUT2D eigenvalue weighted by Crippen LogP contribution is 2.23. The van der Waals surface area contributed by atoms with Crippen LogP contribution < -0.4 is 0 Å². The van der Waals surface area contributed by atoms with Crippen molar-refractivity contribution in [2.24, 2.45) is 5.92 Å². The van der Waals surface area contributed by atoms with Crippen LogP contribution in [0.25, 0.3) is 0 Å². The van der Waals surface area contributed by atoms with E-state index in [0.717, 1.165) is 6.42 Å². The van der Waals surface area contributed by atoms with Gasteiger partial charge in [-0.2, -0.15) is 0 Å². The Labute approximate surface area is 125 Å². The molecule has 122 valence electrons. The number of ether oxygens (including phenoxy) is 1. The van der Waals surface area contributed by atoms with Crippen molar-refractivity contribution in [2.45, 2.75) is 38.8 Å². The van der Waals surface area contributed by atoms with E-state index in [0.29, 0.717) is 6.54 Å². The molecule has 7 nitrogen and oxygen atoms in total. The number of rotatable bonds is 6. The van der Waals surface area contributed by atoms with E-state index in [-0.39, 0.29) is 25.9 Å². The lowest BCUT2D eigenvalue weighted by atomic mass is 10.0. The Hall–Kier alpha value is -1.34. The summed E-state index contributed by atoms with van der Waals surface area (Å²) in [6.45, 7) is 6.10. The van der Waals surface area contributed by atoms with Crippen molar-refractivity contribution >= 4 is 12.0 Å². The molecule has 21 heavy (non-hydrogen) atoms. The number of hydrogen-bond acceptors (Lipinski definition) is 4. The number of likely N-dealkylation sites (N-methyl/N-ethyl adjacent to an activating group) is 1. The number of carboxylic acids is 1. The van der Waals surface area contributed by atoms with Gasteiger partial charge in [-0.25, -0.2) is 4.79 Å². The standard InChI is InChI=1S/C14H26N2O5/c1-5-6-16(11-8-21-7-10(11)12(18)19)13(20)15(4)14(2,3)9-17/h10-11,17H,5-9H2,1-4H3,(H,18,19). The first kappa shape index (κ1) is 17.7. The van der Waals surface area contributed by atoms with Gasteiger partial charge in [0.25, 0.3) is 0 Å². The van der Waals surface area contributed by atoms with Crippen LogP contribution in [0.2, 0.25) is 0 Å². The summed E-state index contributed by atoms with van der Waals surface area (Å²) in [5.74, 6) is -1.65. The molecule has 2 unspecified atom stereocenters. The van der Waals surface area contributed by atoms with Gasteiger partial charge in [-0.15, -0.1) is 0 Å². The van der Waals surface area contributed by atoms with Gasteiger partial charge in [0.05, 0.1) is 31.4 Å². The fraction of sp³-hybridized carbons (Fsp3) is 0.857. The molecule has 1 saturated heterocycles. The summed E-state index contributed by atoms with van der Waals surface area (Å²) in [7, 11) is 1.62. The molecule has 2 N–H and O–H groups in total. The number of nitrogens with zero attached hydrogens (tertiary/aromatic N) is 2. The first-order valence-corrected chi connectivity index (χ1v) is 7.22. The van der Waals surface area contributed by atoms with Crippen LogP contribution in [0.4, 0.5) is 4.79 Å². The smallest absolute Gasteiger partial charge is 0.320 e. The van der Waals surface area contributed by atoms with Gasteiger partial charge < -0.3 is 24.7 Å². The quantitative estimate of drug-likeness (QED) is 0.750. The van der Waals surface area contributed by atoms with Gasteiger partial charge >= 0.3 is 12.0 Å². The van der Waals surface area contributed by atoms with E-state index < -0.39 is 23.5 Å². The Morgan fingerprint density at radius 1 is 1.33 bits per heavy atom. The molecule has 1 aliphatic rings. The largest absolute Gasteiger partial charge is 0.481 e. The minimum atomic E-state index is -0.949. The second-order valence-electron chi connectivity index (χ2n) is 6.06. The van der Waals surface area contributed by atoms with E-state index in [2.05, 4.69) is 0 Å². The number of carbonyl (C=O) groups is 2. The fourth-order valence-electron chi connectivity index (χ4n) is 2.29. The van der Waals surface area contributed by atoms with Crippen molar-refractivity contribution in [1.82, 2.24) is 9.80 Å². The zero-order chi connectivity index (χ0) is 16.2. The normalized spacial score (nSPS) is 22.1. The number of carbonyl (C=O) groups excluding carboxylic acids is 1. The summed E-state index contributed by atoms with van der Waals surface area (Å²) in [6.07, 6.45) is 0.724. The molecule has 1 aliphatic heterocycles. The second-order valence-corrected chi connectivity index (χ2v) is 6.06. The number of amides is 2. The third kappa shape index (κ3) is 3.85. The zero-order valence-corrected chi connectivity index (χ0v) is 13.2. The molecule has 0 radical (unpaired) electrons. The Bertz CT molecular complexity index is 386. The van der Waals surface area contributed by atoms with Crippen molar-refractivity contribution in [3.05, 3.63) is 0 Å². The lowest BCUT2D eigenvalue weighted by Gasteiger charge is -2.40. The summed E-state index contributed by atoms with van der Waals surface area (Å²) >= 11 is 0. The molecule has 0 saturated carbocycles. The van der Waals surface area contributed by atoms with E-state index >= 15 is 0 Å². The van der Waals surface area contributed by atoms with E-state index in [1.165, 1.54) is 4.90 Å². The number of urea groups is 1. The summed E-state index contributed by atoms with van der Waals surface area (Å²) in [4.78, 5) is 27.0. The van der Waals surface area contributed by atoms with Gasteiger partial charge in [-0.1, -0.05) is 6.92 Å². The first-order valence-electron chi connectivity index (χ1n) is 7.22. The predicted molar refractivity (Wildman–Crippen MR) is 77.1 cm³/mol. The van der Waals surface area contributed by atoms with Crippen molar-refractivity contribution < 1.29 is 24.5 Å². The van der Waals surface area contributed by atoms with E-state index in [1.807, 2.05) is 6.92 Å². The SMILES string of the molecule is CCCN(C(=O)N(C)C(C)(C)CO)C1COCC1C(=O)O. The van der Waals surface area contributed by atoms with Crippen LogP contribution in [0, 0.1) is 5.92 Å². The molecule has 2 atom stereocenters. The van der Waals surface area contributed by atoms with Gasteiger partial charge in [-0.3, -0.25) is 4.79 Å². The topological polar surface area (TPSA) is 90.3 Å². The number of hydrogen-bond donors (Lipinski definition) is 2. The van der Waals surface area contributed by atoms with Crippen molar-refractivity contribution in [2.75, 3.05) is 33.4 Å². The molecule has 1 heterocycles. The van der Waals surface area contributed by atoms with Gasteiger partial charge in [0, 0.05) is 13.6 Å². The summed E-state index contributed by atoms with van der Waals surface area (Å²) < 4.78 is 5.26. The molecular formula is C14H26N2O5. The minimum absolute atomic E-state index is 0.126. The van der Waals surface area contributed by atoms with Crippen LogP contribution in [0.15, 0.2) is 0 Å². The molecule has 7 heteroatoms. The van der Waals surface area contributed by atoms with Gasteiger partial charge in [0.1, 0.15) is 5.92 Å². The number of aliphatic carboxylic acids is 1. The van der Waals surface area contributed by atoms with Crippen LogP contribution >= 0.6 is 0 Å². The van der Waals surface area contributed by atoms with Crippen LogP contribution in [-0.2, 0) is 9.53 Å². The van der Waals surface area contributed by atoms with E-state index in [4.69, 9.17) is 4.74 Å². The van der Waals surface area contributed by atoms with Crippen LogP contribution in [0.3, 0.4) is 0 Å². The third-order valence-corrected chi connectivity index (χ3v) is 4.06. The van der Waals surface area contributed by atoms with Crippen molar-refractivity contribution in [1.29, 1.82) is 0 Å². The highest BCUT2D eigenvalue weighted by Gasteiger charge is 2.42. The molecular weight excluding hydrogens is 276 g/mol. The summed E-state index contributed by atoms with van der Waals surface area (Å²) in [6, 6.07) is -0.746. The molecule has 0 aliphatic carbocycles. The van der Waals surface area contributed by atoms with Crippen molar-refractivity contribution in [3.63, 3.8) is 0 Å². The summed E-state index contributed by atoms with van der Waals surface area (Å²) in [5, 5.41) is 18.7. The number of aliphatic hydroxyl groups is 1. The maximum atomic E-state index is 12.7. The Balaban J connectivity index is 2.95. The lowest BCUT2D eigenvalue weighted by molar-refractivity contribution is -0.142. The maximum absolute atomic E-state index is 12.7. The maximum Gasteiger partial charge on any atom is 0.320 e. The number of carboxylic acid groups (broad SMARTS) is 1. The van der Waals surface area contributed by atoms with Crippen LogP contribution in [0.5, 0.6) is 0 Å². The van der Waals surface area contributed by atoms with E-state index in [1.54, 1.807) is 25.8 Å².